The molecule has 0 bridgehead atoms. The van der Waals surface area contributed by atoms with E-state index in [0.717, 1.165) is 37.1 Å². The Morgan fingerprint density at radius 1 is 1.39 bits per heavy atom. The van der Waals surface area contributed by atoms with Gasteiger partial charge in [0.25, 0.3) is 0 Å². The first kappa shape index (κ1) is 13.3. The zero-order valence-corrected chi connectivity index (χ0v) is 11.6. The number of nitrogens with two attached hydrogens (primary N) is 1. The van der Waals surface area contributed by atoms with Crippen LogP contribution in [0.25, 0.3) is 0 Å². The molecule has 0 saturated carbocycles. The fourth-order valence-electron chi connectivity index (χ4n) is 1.89. The molecule has 1 aromatic heterocycles. The summed E-state index contributed by atoms with van der Waals surface area (Å²) in [5.74, 6) is 5.21. The average molecular weight is 267 g/mol. The number of rotatable bonds is 6. The zero-order chi connectivity index (χ0) is 12.8. The monoisotopic (exact) mass is 267 g/mol. The molecule has 1 saturated heterocycles. The Hall–Kier alpha value is -1.17. The van der Waals surface area contributed by atoms with Gasteiger partial charge in [0.2, 0.25) is 5.95 Å². The van der Waals surface area contributed by atoms with Crippen LogP contribution < -0.4 is 16.4 Å². The van der Waals surface area contributed by atoms with Crippen LogP contribution in [0.15, 0.2) is 6.07 Å². The van der Waals surface area contributed by atoms with Gasteiger partial charge < -0.3 is 16.4 Å². The Kier molecular flexibility index (Phi) is 4.92. The number of nitrogens with one attached hydrogen (secondary N) is 2. The van der Waals surface area contributed by atoms with Crippen molar-refractivity contribution in [2.75, 3.05) is 41.0 Å². The van der Waals surface area contributed by atoms with Crippen LogP contribution in [0, 0.1) is 5.92 Å². The third-order valence-electron chi connectivity index (χ3n) is 2.90. The molecule has 1 aliphatic heterocycles. The molecule has 0 aromatic carbocycles. The van der Waals surface area contributed by atoms with Crippen LogP contribution in [0.3, 0.4) is 0 Å². The van der Waals surface area contributed by atoms with E-state index in [1.54, 1.807) is 0 Å². The third-order valence-corrected chi connectivity index (χ3v) is 4.13. The van der Waals surface area contributed by atoms with Crippen molar-refractivity contribution in [1.82, 2.24) is 9.97 Å². The summed E-state index contributed by atoms with van der Waals surface area (Å²) in [5, 5.41) is 6.59. The number of nitrogen functional groups attached to an aromatic ring is 1. The Morgan fingerprint density at radius 3 is 2.83 bits per heavy atom. The maximum atomic E-state index is 5.71. The third kappa shape index (κ3) is 3.94. The molecular formula is C12H21N5S. The van der Waals surface area contributed by atoms with Gasteiger partial charge in [-0.25, -0.2) is 0 Å². The lowest BCUT2D eigenvalue weighted by atomic mass is 10.1. The Labute approximate surface area is 112 Å². The second kappa shape index (κ2) is 6.68. The molecule has 100 valence electrons. The normalized spacial score (nSPS) is 18.8. The van der Waals surface area contributed by atoms with E-state index >= 15 is 0 Å². The predicted octanol–water partition coefficient (Wildman–Crippen LogP) is 2.05. The first-order valence-electron chi connectivity index (χ1n) is 6.48. The van der Waals surface area contributed by atoms with Gasteiger partial charge in [-0.2, -0.15) is 21.7 Å². The van der Waals surface area contributed by atoms with Crippen molar-refractivity contribution in [1.29, 1.82) is 0 Å². The van der Waals surface area contributed by atoms with Crippen LogP contribution in [-0.2, 0) is 0 Å². The lowest BCUT2D eigenvalue weighted by molar-refractivity contribution is 0.630. The highest BCUT2D eigenvalue weighted by atomic mass is 32.2. The van der Waals surface area contributed by atoms with E-state index in [4.69, 9.17) is 5.73 Å². The molecular weight excluding hydrogens is 246 g/mol. The number of nitrogens with zero attached hydrogens (tertiary/aromatic N) is 2. The summed E-state index contributed by atoms with van der Waals surface area (Å²) in [6.45, 7) is 3.99. The van der Waals surface area contributed by atoms with Crippen molar-refractivity contribution in [2.24, 2.45) is 5.92 Å². The lowest BCUT2D eigenvalue weighted by Gasteiger charge is -2.12. The second-order valence-electron chi connectivity index (χ2n) is 4.53. The van der Waals surface area contributed by atoms with Crippen LogP contribution >= 0.6 is 11.8 Å². The zero-order valence-electron chi connectivity index (χ0n) is 10.8. The molecule has 2 rings (SSSR count). The summed E-state index contributed by atoms with van der Waals surface area (Å²) in [4.78, 5) is 8.37. The summed E-state index contributed by atoms with van der Waals surface area (Å²) < 4.78 is 0. The Morgan fingerprint density at radius 2 is 2.17 bits per heavy atom. The minimum atomic E-state index is 0.319. The van der Waals surface area contributed by atoms with Crippen LogP contribution in [0.5, 0.6) is 0 Å². The molecule has 5 nitrogen and oxygen atoms in total. The van der Waals surface area contributed by atoms with Gasteiger partial charge >= 0.3 is 0 Å². The van der Waals surface area contributed by atoms with Crippen molar-refractivity contribution in [2.45, 2.75) is 19.8 Å². The minimum Gasteiger partial charge on any atom is -0.370 e. The van der Waals surface area contributed by atoms with Crippen molar-refractivity contribution in [3.05, 3.63) is 6.07 Å². The maximum absolute atomic E-state index is 5.71. The molecule has 0 amide bonds. The van der Waals surface area contributed by atoms with Crippen LogP contribution in [0.4, 0.5) is 17.6 Å². The summed E-state index contributed by atoms with van der Waals surface area (Å²) in [5.41, 5.74) is 5.71. The predicted molar refractivity (Wildman–Crippen MR) is 79.1 cm³/mol. The van der Waals surface area contributed by atoms with Gasteiger partial charge in [0.15, 0.2) is 0 Å². The molecule has 18 heavy (non-hydrogen) atoms. The quantitative estimate of drug-likeness (QED) is 0.732. The highest BCUT2D eigenvalue weighted by molar-refractivity contribution is 7.99. The first-order chi connectivity index (χ1) is 8.78. The van der Waals surface area contributed by atoms with Crippen molar-refractivity contribution >= 4 is 29.3 Å². The van der Waals surface area contributed by atoms with Crippen molar-refractivity contribution in [3.63, 3.8) is 0 Å². The molecule has 1 fully saturated rings. The first-order valence-corrected chi connectivity index (χ1v) is 7.63. The molecule has 6 heteroatoms. The van der Waals surface area contributed by atoms with E-state index in [-0.39, 0.29) is 0 Å². The smallest absolute Gasteiger partial charge is 0.223 e. The summed E-state index contributed by atoms with van der Waals surface area (Å²) in [6, 6.07) is 1.92. The van der Waals surface area contributed by atoms with Gasteiger partial charge in [-0.15, -0.1) is 0 Å². The number of hydrogen-bond donors (Lipinski definition) is 3. The van der Waals surface area contributed by atoms with Crippen LogP contribution in [0.1, 0.15) is 19.8 Å². The van der Waals surface area contributed by atoms with E-state index in [1.165, 1.54) is 17.9 Å². The SMILES string of the molecule is CCCNc1cc(NCC2CCSC2)nc(N)n1. The van der Waals surface area contributed by atoms with Crippen molar-refractivity contribution in [3.8, 4) is 0 Å². The minimum absolute atomic E-state index is 0.319. The molecule has 2 heterocycles. The molecule has 1 unspecified atom stereocenters. The number of hydrogen-bond acceptors (Lipinski definition) is 6. The summed E-state index contributed by atoms with van der Waals surface area (Å²) in [7, 11) is 0. The molecule has 0 radical (unpaired) electrons. The molecule has 4 N–H and O–H groups in total. The largest absolute Gasteiger partial charge is 0.370 e. The Bertz CT molecular complexity index is 379. The van der Waals surface area contributed by atoms with Gasteiger partial charge in [0.05, 0.1) is 0 Å². The highest BCUT2D eigenvalue weighted by Crippen LogP contribution is 2.23. The summed E-state index contributed by atoms with van der Waals surface area (Å²) in [6.07, 6.45) is 2.35. The fraction of sp³-hybridized carbons (Fsp3) is 0.667. The van der Waals surface area contributed by atoms with Gasteiger partial charge in [-0.3, -0.25) is 0 Å². The van der Waals surface area contributed by atoms with E-state index in [2.05, 4.69) is 27.5 Å². The van der Waals surface area contributed by atoms with E-state index in [1.807, 2.05) is 17.8 Å². The van der Waals surface area contributed by atoms with Gasteiger partial charge in [0, 0.05) is 19.2 Å². The average Bonchev–Trinajstić information content (AvgIpc) is 2.86. The van der Waals surface area contributed by atoms with Gasteiger partial charge in [-0.05, 0) is 30.3 Å². The standard InChI is InChI=1S/C12H21N5S/c1-2-4-14-10-6-11(17-12(13)16-10)15-7-9-3-5-18-8-9/h6,9H,2-5,7-8H2,1H3,(H4,13,14,15,16,17). The number of thioether (sulfide) groups is 1. The summed E-state index contributed by atoms with van der Waals surface area (Å²) >= 11 is 2.02. The van der Waals surface area contributed by atoms with Crippen LogP contribution in [-0.4, -0.2) is 34.6 Å². The second-order valence-corrected chi connectivity index (χ2v) is 5.68. The number of anilines is 3. The van der Waals surface area contributed by atoms with Gasteiger partial charge in [0.1, 0.15) is 11.6 Å². The molecule has 1 atom stereocenters. The molecule has 1 aliphatic rings. The molecule has 1 aromatic rings. The van der Waals surface area contributed by atoms with Crippen molar-refractivity contribution < 1.29 is 0 Å². The topological polar surface area (TPSA) is 75.9 Å². The van der Waals surface area contributed by atoms with E-state index < -0.39 is 0 Å². The molecule has 0 spiro atoms. The maximum Gasteiger partial charge on any atom is 0.223 e. The highest BCUT2D eigenvalue weighted by Gasteiger charge is 2.15. The van der Waals surface area contributed by atoms with E-state index in [9.17, 15) is 0 Å². The van der Waals surface area contributed by atoms with Crippen LogP contribution in [0.2, 0.25) is 0 Å². The fourth-order valence-corrected chi connectivity index (χ4v) is 3.18. The lowest BCUT2D eigenvalue weighted by Crippen LogP contribution is -2.15. The van der Waals surface area contributed by atoms with Gasteiger partial charge in [-0.1, -0.05) is 6.92 Å². The molecule has 0 aliphatic carbocycles. The number of aromatic nitrogens is 2. The Balaban J connectivity index is 1.91. The van der Waals surface area contributed by atoms with E-state index in [0.29, 0.717) is 5.95 Å².